The van der Waals surface area contributed by atoms with E-state index in [9.17, 15) is 33.1 Å². The van der Waals surface area contributed by atoms with Gasteiger partial charge in [0.15, 0.2) is 6.19 Å². The molecule has 1 aromatic carbocycles. The molecule has 3 heterocycles. The Morgan fingerprint density at radius 1 is 1.21 bits per heavy atom. The van der Waals surface area contributed by atoms with E-state index in [-0.39, 0.29) is 49.6 Å². The molecule has 6 rings (SSSR count). The third-order valence-corrected chi connectivity index (χ3v) is 9.11. The molecule has 1 aromatic heterocycles. The van der Waals surface area contributed by atoms with Gasteiger partial charge in [0.1, 0.15) is 17.9 Å². The Hall–Kier alpha value is -3.85. The fourth-order valence-corrected chi connectivity index (χ4v) is 6.67. The van der Waals surface area contributed by atoms with E-state index < -0.39 is 47.3 Å². The van der Waals surface area contributed by atoms with Crippen molar-refractivity contribution in [3.05, 3.63) is 53.6 Å². The Balaban J connectivity index is 1.42. The Kier molecular flexibility index (Phi) is 6.84. The van der Waals surface area contributed by atoms with Crippen molar-refractivity contribution in [1.29, 1.82) is 5.26 Å². The van der Waals surface area contributed by atoms with Crippen LogP contribution in [0.5, 0.6) is 0 Å². The number of amides is 2. The number of pyridine rings is 1. The summed E-state index contributed by atoms with van der Waals surface area (Å²) in [4.78, 5) is 34.8. The Morgan fingerprint density at radius 2 is 1.95 bits per heavy atom. The van der Waals surface area contributed by atoms with Crippen LogP contribution in [0.3, 0.4) is 0 Å². The number of nitrogens with one attached hydrogen (secondary N) is 2. The number of carbonyl (C=O) groups excluding carboxylic acids is 2. The SMILES string of the molecule is C[C@@]1(O)C[C@H](C(=O)N(c2ccc3c(c2)NCC32CC2)C(C(=O)NC2CCC(F)(F)CC2)c2cncc(F)c2)N(C#N)C1. The Labute approximate surface area is 241 Å². The van der Waals surface area contributed by atoms with E-state index in [4.69, 9.17) is 0 Å². The van der Waals surface area contributed by atoms with Crippen molar-refractivity contribution in [3.63, 3.8) is 0 Å². The number of likely N-dealkylation sites (tertiary alicyclic amines) is 1. The quantitative estimate of drug-likeness (QED) is 0.444. The van der Waals surface area contributed by atoms with Gasteiger partial charge in [0.2, 0.25) is 11.8 Å². The first kappa shape index (κ1) is 28.3. The first-order valence-electron chi connectivity index (χ1n) is 14.3. The average molecular weight is 583 g/mol. The predicted octanol–water partition coefficient (Wildman–Crippen LogP) is 3.75. The van der Waals surface area contributed by atoms with Crippen molar-refractivity contribution in [3.8, 4) is 6.19 Å². The van der Waals surface area contributed by atoms with Crippen LogP contribution in [0.25, 0.3) is 0 Å². The normalized spacial score (nSPS) is 26.2. The predicted molar refractivity (Wildman–Crippen MR) is 147 cm³/mol. The van der Waals surface area contributed by atoms with Gasteiger partial charge in [-0.3, -0.25) is 24.4 Å². The van der Waals surface area contributed by atoms with Gasteiger partial charge in [0.05, 0.1) is 18.3 Å². The number of hydrogen-bond acceptors (Lipinski definition) is 7. The number of anilines is 2. The van der Waals surface area contributed by atoms with Crippen molar-refractivity contribution >= 4 is 23.2 Å². The van der Waals surface area contributed by atoms with Gasteiger partial charge in [-0.15, -0.1) is 0 Å². The molecule has 3 atom stereocenters. The number of benzene rings is 1. The number of alkyl halides is 2. The largest absolute Gasteiger partial charge is 0.388 e. The van der Waals surface area contributed by atoms with Crippen LogP contribution in [0.4, 0.5) is 24.5 Å². The van der Waals surface area contributed by atoms with Gasteiger partial charge in [-0.05, 0) is 56.4 Å². The number of aromatic nitrogens is 1. The number of aliphatic hydroxyl groups is 1. The summed E-state index contributed by atoms with van der Waals surface area (Å²) in [6, 6.07) is 3.48. The third kappa shape index (κ3) is 5.26. The van der Waals surface area contributed by atoms with E-state index in [2.05, 4.69) is 15.6 Å². The minimum Gasteiger partial charge on any atom is -0.388 e. The zero-order chi connectivity index (χ0) is 29.9. The number of hydrogen-bond donors (Lipinski definition) is 3. The number of nitriles is 1. The van der Waals surface area contributed by atoms with E-state index in [1.54, 1.807) is 12.1 Å². The maximum absolute atomic E-state index is 14.5. The molecule has 222 valence electrons. The summed E-state index contributed by atoms with van der Waals surface area (Å²) in [6.45, 7) is 2.22. The second-order valence-electron chi connectivity index (χ2n) is 12.5. The van der Waals surface area contributed by atoms with E-state index >= 15 is 0 Å². The summed E-state index contributed by atoms with van der Waals surface area (Å²) >= 11 is 0. The van der Waals surface area contributed by atoms with Crippen LogP contribution in [0, 0.1) is 17.3 Å². The lowest BCUT2D eigenvalue weighted by atomic mass is 9.91. The molecule has 1 unspecified atom stereocenters. The van der Waals surface area contributed by atoms with Crippen LogP contribution in [-0.4, -0.2) is 63.5 Å². The summed E-state index contributed by atoms with van der Waals surface area (Å²) in [5.74, 6) is -4.82. The molecule has 2 aliphatic carbocycles. The fourth-order valence-electron chi connectivity index (χ4n) is 6.67. The number of carbonyl (C=O) groups is 2. The van der Waals surface area contributed by atoms with E-state index in [0.29, 0.717) is 5.69 Å². The molecule has 0 radical (unpaired) electrons. The van der Waals surface area contributed by atoms with Crippen LogP contribution in [0.15, 0.2) is 36.7 Å². The summed E-state index contributed by atoms with van der Waals surface area (Å²) in [6.07, 6.45) is 5.64. The second-order valence-corrected chi connectivity index (χ2v) is 12.5. The summed E-state index contributed by atoms with van der Waals surface area (Å²) in [7, 11) is 0. The highest BCUT2D eigenvalue weighted by Crippen LogP contribution is 2.55. The minimum atomic E-state index is -2.80. The van der Waals surface area contributed by atoms with Crippen molar-refractivity contribution in [1.82, 2.24) is 15.2 Å². The molecule has 2 aromatic rings. The van der Waals surface area contributed by atoms with Gasteiger partial charge in [-0.2, -0.15) is 5.26 Å². The minimum absolute atomic E-state index is 0.0549. The highest BCUT2D eigenvalue weighted by atomic mass is 19.3. The molecule has 12 heteroatoms. The first-order chi connectivity index (χ1) is 19.9. The maximum Gasteiger partial charge on any atom is 0.251 e. The molecule has 42 heavy (non-hydrogen) atoms. The lowest BCUT2D eigenvalue weighted by Crippen LogP contribution is -2.52. The molecule has 3 N–H and O–H groups in total. The topological polar surface area (TPSA) is 122 Å². The molecule has 2 aliphatic heterocycles. The highest BCUT2D eigenvalue weighted by Gasteiger charge is 2.50. The fraction of sp³-hybridized carbons (Fsp3) is 0.533. The first-order valence-corrected chi connectivity index (χ1v) is 14.3. The monoisotopic (exact) mass is 582 g/mol. The molecule has 1 spiro atoms. The van der Waals surface area contributed by atoms with Gasteiger partial charge < -0.3 is 15.7 Å². The van der Waals surface area contributed by atoms with Crippen molar-refractivity contribution < 1.29 is 27.9 Å². The summed E-state index contributed by atoms with van der Waals surface area (Å²) < 4.78 is 42.2. The lowest BCUT2D eigenvalue weighted by molar-refractivity contribution is -0.129. The maximum atomic E-state index is 14.5. The van der Waals surface area contributed by atoms with E-state index in [1.807, 2.05) is 12.3 Å². The highest BCUT2D eigenvalue weighted by molar-refractivity contribution is 6.04. The molecular formula is C30H33F3N6O3. The molecule has 4 aliphatic rings. The van der Waals surface area contributed by atoms with Crippen LogP contribution in [0.2, 0.25) is 0 Å². The van der Waals surface area contributed by atoms with Crippen molar-refractivity contribution in [2.45, 2.75) is 86.9 Å². The van der Waals surface area contributed by atoms with Gasteiger partial charge in [0.25, 0.3) is 5.91 Å². The zero-order valence-corrected chi connectivity index (χ0v) is 23.2. The molecular weight excluding hydrogens is 549 g/mol. The van der Waals surface area contributed by atoms with Gasteiger partial charge in [-0.25, -0.2) is 13.2 Å². The lowest BCUT2D eigenvalue weighted by Gasteiger charge is -2.36. The average Bonchev–Trinajstić information content (AvgIpc) is 3.54. The number of rotatable bonds is 6. The molecule has 2 saturated carbocycles. The summed E-state index contributed by atoms with van der Waals surface area (Å²) in [5.41, 5.74) is 1.11. The van der Waals surface area contributed by atoms with Gasteiger partial charge >= 0.3 is 0 Å². The second kappa shape index (κ2) is 10.2. The Morgan fingerprint density at radius 3 is 2.62 bits per heavy atom. The zero-order valence-electron chi connectivity index (χ0n) is 23.2. The summed E-state index contributed by atoms with van der Waals surface area (Å²) in [5, 5.41) is 26.8. The number of β-amino-alcohol motifs (C(OH)–C–C–N with tert-alkyl or cyclic N) is 1. The molecule has 3 fully saturated rings. The number of fused-ring (bicyclic) bond motifs is 2. The van der Waals surface area contributed by atoms with E-state index in [0.717, 1.165) is 42.9 Å². The van der Waals surface area contributed by atoms with Gasteiger partial charge in [-0.1, -0.05) is 6.07 Å². The standard InChI is InChI=1S/C30H33F3N6O3/c1-28(42)12-24(38(16-28)17-34)27(41)39(21-2-3-22-23(11-21)36-15-29(22)8-9-29)25(18-10-19(31)14-35-13-18)26(40)37-20-4-6-30(32,33)7-5-20/h2-3,10-11,13-14,20,24-25,36,42H,4-9,12,15-16H2,1H3,(H,37,40)/t24-,25?,28-/m1/s1. The van der Waals surface area contributed by atoms with E-state index in [1.165, 1.54) is 22.9 Å². The third-order valence-electron chi connectivity index (χ3n) is 9.11. The van der Waals surface area contributed by atoms with Crippen molar-refractivity contribution in [2.75, 3.05) is 23.3 Å². The van der Waals surface area contributed by atoms with Crippen molar-refractivity contribution in [2.24, 2.45) is 0 Å². The molecule has 0 bridgehead atoms. The van der Waals surface area contributed by atoms with Crippen LogP contribution >= 0.6 is 0 Å². The van der Waals surface area contributed by atoms with Gasteiger partial charge in [0, 0.05) is 60.4 Å². The number of nitrogens with zero attached hydrogens (tertiary/aromatic N) is 4. The van der Waals surface area contributed by atoms with Crippen LogP contribution < -0.4 is 15.5 Å². The molecule has 1 saturated heterocycles. The molecule has 2 amide bonds. The van der Waals surface area contributed by atoms with Crippen LogP contribution in [0.1, 0.15) is 69.0 Å². The van der Waals surface area contributed by atoms with Crippen LogP contribution in [-0.2, 0) is 15.0 Å². The Bertz CT molecular complexity index is 1450. The number of halogens is 3. The smallest absolute Gasteiger partial charge is 0.251 e. The molecule has 9 nitrogen and oxygen atoms in total.